The molecule has 3 aromatic heterocycles. The fourth-order valence-electron chi connectivity index (χ4n) is 8.31. The second-order valence-electron chi connectivity index (χ2n) is 17.2. The van der Waals surface area contributed by atoms with Crippen molar-refractivity contribution in [1.29, 1.82) is 0 Å². The van der Waals surface area contributed by atoms with Crippen molar-refractivity contribution in [2.24, 2.45) is 11.8 Å². The summed E-state index contributed by atoms with van der Waals surface area (Å²) in [6, 6.07) is 11.2. The summed E-state index contributed by atoms with van der Waals surface area (Å²) in [5.74, 6) is -3.56. The van der Waals surface area contributed by atoms with E-state index in [1.165, 1.54) is 14.2 Å². The van der Waals surface area contributed by atoms with E-state index in [4.69, 9.17) is 19.7 Å². The number of aromatic nitrogens is 5. The highest BCUT2D eigenvalue weighted by Gasteiger charge is 2.50. The minimum Gasteiger partial charge on any atom is -0.453 e. The maximum absolute atomic E-state index is 15.0. The van der Waals surface area contributed by atoms with Gasteiger partial charge < -0.3 is 39.9 Å². The summed E-state index contributed by atoms with van der Waals surface area (Å²) in [5, 5.41) is 6.88. The molecule has 4 amide bonds. The third-order valence-electron chi connectivity index (χ3n) is 11.4. The largest absolute Gasteiger partial charge is 0.453 e. The summed E-state index contributed by atoms with van der Waals surface area (Å²) < 4.78 is 39.4. The Labute approximate surface area is 347 Å². The van der Waals surface area contributed by atoms with Crippen LogP contribution in [0.15, 0.2) is 54.9 Å². The van der Waals surface area contributed by atoms with Crippen molar-refractivity contribution in [2.75, 3.05) is 26.9 Å². The molecule has 5 aromatic rings. The highest BCUT2D eigenvalue weighted by Crippen LogP contribution is 2.42. The molecule has 318 valence electrons. The van der Waals surface area contributed by atoms with Crippen molar-refractivity contribution >= 4 is 53.9 Å². The van der Waals surface area contributed by atoms with E-state index in [9.17, 15) is 28.0 Å². The summed E-state index contributed by atoms with van der Waals surface area (Å²) in [6.45, 7) is 10.9. The molecule has 2 aliphatic rings. The van der Waals surface area contributed by atoms with Gasteiger partial charge in [0.05, 0.1) is 69.5 Å². The smallest absolute Gasteiger partial charge is 0.407 e. The number of hydrogen-bond donors (Lipinski definition) is 4. The zero-order valence-electron chi connectivity index (χ0n) is 34.9. The van der Waals surface area contributed by atoms with Crippen LogP contribution in [0.25, 0.3) is 44.3 Å². The second kappa shape index (κ2) is 16.3. The van der Waals surface area contributed by atoms with Crippen LogP contribution < -0.4 is 10.6 Å². The number of rotatable bonds is 10. The summed E-state index contributed by atoms with van der Waals surface area (Å²) >= 11 is 0. The van der Waals surface area contributed by atoms with E-state index in [0.717, 1.165) is 32.8 Å². The standard InChI is InChI=1S/C42H51F2N9O6Si/c1-22(2)33(50-40(56)58-5)38(54)52-20-42(43,44)16-31(52)37-47-29-14-10-25-15-24(9-12-27(25)35(29)49-37)26-11-13-28(45-17-26)30-18-46-36(48-30)32-19-60(7,8)21-53(32)39(55)34(23(3)4)51-41(57)59-6/h9-15,17-18,22-23,31-34H,16,19-21H2,1-8H3,(H,46,48)(H,47,49)(H,50,56)(H,51,57)/t31-,32-,33-,34-/m0/s1. The van der Waals surface area contributed by atoms with Gasteiger partial charge in [-0.3, -0.25) is 14.6 Å². The van der Waals surface area contributed by atoms with Crippen LogP contribution in [0.5, 0.6) is 0 Å². The number of aromatic amines is 2. The number of methoxy groups -OCH3 is 2. The van der Waals surface area contributed by atoms with Crippen LogP contribution in [0.1, 0.15) is 57.8 Å². The molecule has 0 unspecified atom stereocenters. The molecule has 18 heteroatoms. The molecule has 2 aliphatic heterocycles. The van der Waals surface area contributed by atoms with Gasteiger partial charge in [-0.1, -0.05) is 65.1 Å². The van der Waals surface area contributed by atoms with Crippen LogP contribution in [0, 0.1) is 11.8 Å². The Bertz CT molecular complexity index is 2440. The van der Waals surface area contributed by atoms with Crippen molar-refractivity contribution < 1.29 is 37.4 Å². The lowest BCUT2D eigenvalue weighted by atomic mass is 10.0. The van der Waals surface area contributed by atoms with Gasteiger partial charge in [0.1, 0.15) is 23.7 Å². The molecule has 4 N–H and O–H groups in total. The van der Waals surface area contributed by atoms with Gasteiger partial charge in [0.15, 0.2) is 0 Å². The van der Waals surface area contributed by atoms with Gasteiger partial charge in [-0.05, 0) is 47.0 Å². The normalized spacial score (nSPS) is 19.5. The van der Waals surface area contributed by atoms with Gasteiger partial charge >= 0.3 is 12.2 Å². The maximum Gasteiger partial charge on any atom is 0.407 e. The van der Waals surface area contributed by atoms with E-state index in [-0.39, 0.29) is 29.6 Å². The average Bonchev–Trinajstić information content (AvgIpc) is 4.01. The maximum atomic E-state index is 15.0. The van der Waals surface area contributed by atoms with Crippen LogP contribution in [-0.2, 0) is 19.1 Å². The number of pyridine rings is 1. The number of alkyl carbamates (subject to hydrolysis) is 2. The van der Waals surface area contributed by atoms with Gasteiger partial charge in [0, 0.05) is 29.7 Å². The lowest BCUT2D eigenvalue weighted by molar-refractivity contribution is -0.137. The van der Waals surface area contributed by atoms with E-state index in [0.29, 0.717) is 34.4 Å². The molecule has 0 bridgehead atoms. The first-order valence-corrected chi connectivity index (χ1v) is 23.4. The monoisotopic (exact) mass is 843 g/mol. The second-order valence-corrected chi connectivity index (χ2v) is 22.3. The molecule has 60 heavy (non-hydrogen) atoms. The van der Waals surface area contributed by atoms with Gasteiger partial charge in [0.25, 0.3) is 5.92 Å². The van der Waals surface area contributed by atoms with Crippen molar-refractivity contribution in [1.82, 2.24) is 45.4 Å². The molecular formula is C42H51F2N9O6Si. The Kier molecular flexibility index (Phi) is 11.4. The Hall–Kier alpha value is -5.91. The summed E-state index contributed by atoms with van der Waals surface area (Å²) in [4.78, 5) is 75.4. The molecule has 0 spiro atoms. The molecule has 0 radical (unpaired) electrons. The van der Waals surface area contributed by atoms with Crippen molar-refractivity contribution in [2.45, 2.75) is 83.3 Å². The van der Waals surface area contributed by atoms with Crippen molar-refractivity contribution in [3.05, 3.63) is 66.5 Å². The summed E-state index contributed by atoms with van der Waals surface area (Å²) in [5.41, 5.74) is 4.37. The van der Waals surface area contributed by atoms with Crippen LogP contribution in [-0.4, -0.2) is 112 Å². The van der Waals surface area contributed by atoms with Gasteiger partial charge in [-0.25, -0.2) is 28.3 Å². The van der Waals surface area contributed by atoms with Crippen LogP contribution >= 0.6 is 0 Å². The van der Waals surface area contributed by atoms with Crippen LogP contribution in [0.3, 0.4) is 0 Å². The molecule has 4 atom stereocenters. The topological polar surface area (TPSA) is 188 Å². The number of nitrogens with zero attached hydrogens (tertiary/aromatic N) is 5. The first-order chi connectivity index (χ1) is 28.4. The number of imidazole rings is 2. The molecule has 7 rings (SSSR count). The van der Waals surface area contributed by atoms with E-state index < -0.39 is 63.2 Å². The number of ether oxygens (including phenoxy) is 2. The average molecular weight is 844 g/mol. The number of hydrogen-bond acceptors (Lipinski definition) is 9. The number of carbonyl (C=O) groups excluding carboxylic acids is 4. The Morgan fingerprint density at radius 3 is 2.08 bits per heavy atom. The van der Waals surface area contributed by atoms with E-state index >= 15 is 0 Å². The molecular weight excluding hydrogens is 793 g/mol. The number of H-pyrrole nitrogens is 2. The quantitative estimate of drug-likeness (QED) is 0.108. The number of benzene rings is 2. The number of carbonyl (C=O) groups is 4. The third-order valence-corrected chi connectivity index (χ3v) is 14.1. The number of halogens is 2. The van der Waals surface area contributed by atoms with Crippen molar-refractivity contribution in [3.8, 4) is 22.5 Å². The van der Waals surface area contributed by atoms with E-state index in [1.807, 2.05) is 61.2 Å². The molecule has 0 aliphatic carbocycles. The lowest BCUT2D eigenvalue weighted by Crippen LogP contribution is -2.52. The zero-order chi connectivity index (χ0) is 43.3. The highest BCUT2D eigenvalue weighted by atomic mass is 28.3. The first kappa shape index (κ1) is 42.2. The number of fused-ring (bicyclic) bond motifs is 3. The number of nitrogens with one attached hydrogen (secondary N) is 4. The summed E-state index contributed by atoms with van der Waals surface area (Å²) in [7, 11) is 0.653. The number of amides is 4. The van der Waals surface area contributed by atoms with E-state index in [2.05, 4.69) is 38.4 Å². The third kappa shape index (κ3) is 8.42. The minimum atomic E-state index is -3.15. The zero-order valence-corrected chi connectivity index (χ0v) is 35.9. The predicted octanol–water partition coefficient (Wildman–Crippen LogP) is 6.97. The number of likely N-dealkylation sites (tertiary alicyclic amines) is 1. The summed E-state index contributed by atoms with van der Waals surface area (Å²) in [6.07, 6.45) is 2.06. The van der Waals surface area contributed by atoms with Crippen LogP contribution in [0.2, 0.25) is 19.1 Å². The van der Waals surface area contributed by atoms with Gasteiger partial charge in [-0.15, -0.1) is 0 Å². The fraction of sp³-hybridized carbons (Fsp3) is 0.452. The molecule has 5 heterocycles. The Morgan fingerprint density at radius 1 is 0.817 bits per heavy atom. The Balaban J connectivity index is 1.11. The molecule has 2 aromatic carbocycles. The highest BCUT2D eigenvalue weighted by molar-refractivity contribution is 6.78. The fourth-order valence-corrected chi connectivity index (χ4v) is 11.2. The van der Waals surface area contributed by atoms with Gasteiger partial charge in [-0.2, -0.15) is 0 Å². The first-order valence-electron chi connectivity index (χ1n) is 20.0. The minimum absolute atomic E-state index is 0.146. The van der Waals surface area contributed by atoms with Crippen molar-refractivity contribution in [3.63, 3.8) is 0 Å². The van der Waals surface area contributed by atoms with E-state index in [1.54, 1.807) is 26.2 Å². The van der Waals surface area contributed by atoms with Crippen LogP contribution in [0.4, 0.5) is 18.4 Å². The molecule has 2 saturated heterocycles. The van der Waals surface area contributed by atoms with Gasteiger partial charge in [0.2, 0.25) is 11.8 Å². The molecule has 15 nitrogen and oxygen atoms in total. The lowest BCUT2D eigenvalue weighted by Gasteiger charge is -2.30. The SMILES string of the molecule is COC(=O)N[C@H](C(=O)N1C[Si](C)(C)C[C@H]1c1ncc(-c2ccc(-c3ccc4c(ccc5[nH]c([C@@H]6CC(F)(F)CN6C(=O)[C@@H](NC(=O)OC)C(C)C)nc54)c3)cn2)[nH]1)C(C)C. The predicted molar refractivity (Wildman–Crippen MR) is 224 cm³/mol. The number of alkyl halides is 2. The Morgan fingerprint density at radius 2 is 1.47 bits per heavy atom. The molecule has 2 fully saturated rings. The molecule has 0 saturated carbocycles.